The standard InChI is InChI=1S/C17H7Cl2F2NO4/c18-9-5-15-14(24-6-25-15)2-7(9)1-13-17(23)26-16(22-13)8-3-11(20)12(21)4-10(8)19/h1-5H,6H2/b13-1-. The van der Waals surface area contributed by atoms with Gasteiger partial charge in [0, 0.05) is 6.07 Å². The molecule has 0 bridgehead atoms. The van der Waals surface area contributed by atoms with Crippen LogP contribution in [0.4, 0.5) is 8.78 Å². The Balaban J connectivity index is 1.74. The van der Waals surface area contributed by atoms with Gasteiger partial charge < -0.3 is 14.2 Å². The molecular formula is C17H7Cl2F2NO4. The molecule has 0 unspecified atom stereocenters. The van der Waals surface area contributed by atoms with Crippen LogP contribution in [0.25, 0.3) is 6.08 Å². The van der Waals surface area contributed by atoms with Crippen LogP contribution in [0.15, 0.2) is 35.0 Å². The smallest absolute Gasteiger partial charge is 0.363 e. The van der Waals surface area contributed by atoms with Crippen molar-refractivity contribution in [2.24, 2.45) is 4.99 Å². The second kappa shape index (κ2) is 6.26. The number of benzene rings is 2. The highest BCUT2D eigenvalue weighted by Gasteiger charge is 2.27. The van der Waals surface area contributed by atoms with Crippen LogP contribution in [0.1, 0.15) is 11.1 Å². The van der Waals surface area contributed by atoms with Gasteiger partial charge in [-0.3, -0.25) is 0 Å². The van der Waals surface area contributed by atoms with E-state index in [0.29, 0.717) is 22.1 Å². The number of rotatable bonds is 2. The number of carbonyl (C=O) groups excluding carboxylic acids is 1. The van der Waals surface area contributed by atoms with Crippen LogP contribution in [0, 0.1) is 11.6 Å². The van der Waals surface area contributed by atoms with Gasteiger partial charge in [0.25, 0.3) is 0 Å². The SMILES string of the molecule is O=C1OC(c2cc(F)c(F)cc2Cl)=N/C1=C\c1cc2c(cc1Cl)OCO2. The number of esters is 1. The first-order valence-electron chi connectivity index (χ1n) is 7.19. The predicted octanol–water partition coefficient (Wildman–Crippen LogP) is 4.34. The van der Waals surface area contributed by atoms with Crippen molar-refractivity contribution in [3.63, 3.8) is 0 Å². The molecule has 0 atom stereocenters. The third-order valence-electron chi connectivity index (χ3n) is 3.64. The van der Waals surface area contributed by atoms with E-state index in [4.69, 9.17) is 37.4 Å². The molecule has 2 aliphatic rings. The van der Waals surface area contributed by atoms with Crippen LogP contribution >= 0.6 is 23.2 Å². The van der Waals surface area contributed by atoms with Crippen molar-refractivity contribution in [1.29, 1.82) is 0 Å². The normalized spacial score (nSPS) is 16.8. The van der Waals surface area contributed by atoms with Crippen LogP contribution < -0.4 is 9.47 Å². The maximum Gasteiger partial charge on any atom is 0.363 e. The van der Waals surface area contributed by atoms with Crippen molar-refractivity contribution in [1.82, 2.24) is 0 Å². The first kappa shape index (κ1) is 16.8. The molecule has 5 nitrogen and oxygen atoms in total. The lowest BCUT2D eigenvalue weighted by atomic mass is 10.1. The number of cyclic esters (lactones) is 1. The molecule has 0 aromatic heterocycles. The molecule has 132 valence electrons. The van der Waals surface area contributed by atoms with Gasteiger partial charge in [-0.2, -0.15) is 0 Å². The molecule has 2 aliphatic heterocycles. The van der Waals surface area contributed by atoms with E-state index in [-0.39, 0.29) is 29.0 Å². The second-order valence-electron chi connectivity index (χ2n) is 5.31. The maximum atomic E-state index is 13.4. The Morgan fingerprint density at radius 2 is 1.69 bits per heavy atom. The largest absolute Gasteiger partial charge is 0.454 e. The number of hydrogen-bond acceptors (Lipinski definition) is 5. The zero-order chi connectivity index (χ0) is 18.4. The number of hydrogen-bond donors (Lipinski definition) is 0. The highest BCUT2D eigenvalue weighted by atomic mass is 35.5. The fourth-order valence-electron chi connectivity index (χ4n) is 2.40. The molecule has 2 heterocycles. The van der Waals surface area contributed by atoms with Gasteiger partial charge in [-0.15, -0.1) is 0 Å². The summed E-state index contributed by atoms with van der Waals surface area (Å²) in [5.41, 5.74) is 0.324. The van der Waals surface area contributed by atoms with Gasteiger partial charge >= 0.3 is 5.97 Å². The van der Waals surface area contributed by atoms with E-state index >= 15 is 0 Å². The third-order valence-corrected chi connectivity index (χ3v) is 4.29. The summed E-state index contributed by atoms with van der Waals surface area (Å²) in [6, 6.07) is 4.72. The summed E-state index contributed by atoms with van der Waals surface area (Å²) >= 11 is 12.0. The Morgan fingerprint density at radius 1 is 1.00 bits per heavy atom. The van der Waals surface area contributed by atoms with Crippen molar-refractivity contribution in [2.45, 2.75) is 0 Å². The monoisotopic (exact) mass is 397 g/mol. The minimum absolute atomic E-state index is 0.0425. The molecule has 0 saturated heterocycles. The molecule has 0 fully saturated rings. The molecular weight excluding hydrogens is 391 g/mol. The minimum atomic E-state index is -1.14. The molecule has 0 spiro atoms. The van der Waals surface area contributed by atoms with E-state index in [1.54, 1.807) is 12.1 Å². The highest BCUT2D eigenvalue weighted by Crippen LogP contribution is 2.38. The van der Waals surface area contributed by atoms with Crippen LogP contribution in [0.5, 0.6) is 11.5 Å². The molecule has 0 amide bonds. The lowest BCUT2D eigenvalue weighted by Crippen LogP contribution is -2.07. The van der Waals surface area contributed by atoms with Crippen LogP contribution in [0.3, 0.4) is 0 Å². The lowest BCUT2D eigenvalue weighted by Gasteiger charge is -2.03. The fraction of sp³-hybridized carbons (Fsp3) is 0.0588. The minimum Gasteiger partial charge on any atom is -0.454 e. The molecule has 4 rings (SSSR count). The predicted molar refractivity (Wildman–Crippen MR) is 89.5 cm³/mol. The first-order chi connectivity index (χ1) is 12.4. The Hall–Kier alpha value is -2.64. The van der Waals surface area contributed by atoms with Crippen molar-refractivity contribution < 1.29 is 27.8 Å². The maximum absolute atomic E-state index is 13.4. The van der Waals surface area contributed by atoms with Crippen molar-refractivity contribution in [2.75, 3.05) is 6.79 Å². The number of ether oxygens (including phenoxy) is 3. The Kier molecular flexibility index (Phi) is 4.05. The number of aliphatic imine (C=N–C) groups is 1. The average molecular weight is 398 g/mol. The summed E-state index contributed by atoms with van der Waals surface area (Å²) in [6.45, 7) is 0.0741. The number of halogens is 4. The van der Waals surface area contributed by atoms with Gasteiger partial charge in [-0.25, -0.2) is 18.6 Å². The number of nitrogens with zero attached hydrogens (tertiary/aromatic N) is 1. The Bertz CT molecular complexity index is 1020. The van der Waals surface area contributed by atoms with Crippen molar-refractivity contribution in [3.05, 3.63) is 62.8 Å². The molecule has 9 heteroatoms. The zero-order valence-electron chi connectivity index (χ0n) is 12.7. The lowest BCUT2D eigenvalue weighted by molar-refractivity contribution is -0.129. The van der Waals surface area contributed by atoms with E-state index in [1.807, 2.05) is 0 Å². The molecule has 26 heavy (non-hydrogen) atoms. The fourth-order valence-corrected chi connectivity index (χ4v) is 2.84. The summed E-state index contributed by atoms with van der Waals surface area (Å²) in [6.07, 6.45) is 1.38. The zero-order valence-corrected chi connectivity index (χ0v) is 14.2. The van der Waals surface area contributed by atoms with Crippen LogP contribution in [-0.4, -0.2) is 18.7 Å². The van der Waals surface area contributed by atoms with E-state index in [0.717, 1.165) is 12.1 Å². The van der Waals surface area contributed by atoms with Gasteiger partial charge in [-0.05, 0) is 29.8 Å². The van der Waals surface area contributed by atoms with Gasteiger partial charge in [0.05, 0.1) is 15.6 Å². The second-order valence-corrected chi connectivity index (χ2v) is 6.12. The molecule has 2 aromatic carbocycles. The van der Waals surface area contributed by atoms with E-state index in [2.05, 4.69) is 4.99 Å². The average Bonchev–Trinajstić information content (AvgIpc) is 3.18. The highest BCUT2D eigenvalue weighted by molar-refractivity contribution is 6.34. The van der Waals surface area contributed by atoms with Gasteiger partial charge in [0.15, 0.2) is 28.8 Å². The Labute approximate surface area is 155 Å². The molecule has 0 saturated carbocycles. The summed E-state index contributed by atoms with van der Waals surface area (Å²) < 4.78 is 42.1. The van der Waals surface area contributed by atoms with Crippen molar-refractivity contribution in [3.8, 4) is 11.5 Å². The van der Waals surface area contributed by atoms with Crippen molar-refractivity contribution >= 4 is 41.1 Å². The van der Waals surface area contributed by atoms with E-state index < -0.39 is 17.6 Å². The third kappa shape index (κ3) is 2.89. The number of fused-ring (bicyclic) bond motifs is 1. The number of carbonyl (C=O) groups is 1. The molecule has 0 radical (unpaired) electrons. The van der Waals surface area contributed by atoms with Crippen LogP contribution in [-0.2, 0) is 9.53 Å². The van der Waals surface area contributed by atoms with Gasteiger partial charge in [-0.1, -0.05) is 23.2 Å². The molecule has 2 aromatic rings. The molecule has 0 N–H and O–H groups in total. The summed E-state index contributed by atoms with van der Waals surface area (Å²) in [5.74, 6) is -2.31. The van der Waals surface area contributed by atoms with E-state index in [1.165, 1.54) is 6.08 Å². The van der Waals surface area contributed by atoms with Gasteiger partial charge in [0.2, 0.25) is 12.7 Å². The summed E-state index contributed by atoms with van der Waals surface area (Å²) in [5, 5.41) is 0.168. The topological polar surface area (TPSA) is 57.1 Å². The van der Waals surface area contributed by atoms with E-state index in [9.17, 15) is 13.6 Å². The Morgan fingerprint density at radius 3 is 2.46 bits per heavy atom. The quantitative estimate of drug-likeness (QED) is 0.429. The van der Waals surface area contributed by atoms with Gasteiger partial charge in [0.1, 0.15) is 0 Å². The first-order valence-corrected chi connectivity index (χ1v) is 7.94. The summed E-state index contributed by atoms with van der Waals surface area (Å²) in [7, 11) is 0. The molecule has 0 aliphatic carbocycles. The van der Waals surface area contributed by atoms with Crippen LogP contribution in [0.2, 0.25) is 10.0 Å². The summed E-state index contributed by atoms with van der Waals surface area (Å²) in [4.78, 5) is 16.1.